The van der Waals surface area contributed by atoms with Crippen molar-refractivity contribution in [3.05, 3.63) is 90.3 Å². The number of H-pyrrole nitrogens is 2. The average molecular weight is 727 g/mol. The van der Waals surface area contributed by atoms with E-state index in [1.165, 1.54) is 0 Å². The van der Waals surface area contributed by atoms with Crippen molar-refractivity contribution in [1.29, 1.82) is 0 Å². The Bertz CT molecular complexity index is 1610. The molecule has 0 bridgehead atoms. The van der Waals surface area contributed by atoms with E-state index < -0.39 is 13.3 Å². The SMILES string of the molecule is COCCOCCOCCOc1ccc(-c2ccc(C(=O)/C=C(\OB(F)F)c3ccc(-c4ccc(OCCOCCOCCOC)cc4)[nH]3)[nH]2)cc1. The van der Waals surface area contributed by atoms with Crippen molar-refractivity contribution in [3.8, 4) is 34.0 Å². The van der Waals surface area contributed by atoms with Gasteiger partial charge in [0.2, 0.25) is 5.78 Å². The van der Waals surface area contributed by atoms with Crippen LogP contribution in [-0.2, 0) is 33.1 Å². The lowest BCUT2D eigenvalue weighted by Gasteiger charge is -2.09. The Morgan fingerprint density at radius 3 is 1.40 bits per heavy atom. The number of hydrogen-bond donors (Lipinski definition) is 2. The molecule has 0 saturated heterocycles. The molecule has 0 unspecified atom stereocenters. The molecule has 0 radical (unpaired) electrons. The van der Waals surface area contributed by atoms with Gasteiger partial charge in [-0.3, -0.25) is 4.79 Å². The number of halogens is 2. The van der Waals surface area contributed by atoms with Crippen molar-refractivity contribution in [2.75, 3.05) is 93.5 Å². The second-order valence-electron chi connectivity index (χ2n) is 11.0. The van der Waals surface area contributed by atoms with Crippen LogP contribution in [0.2, 0.25) is 0 Å². The Morgan fingerprint density at radius 2 is 0.962 bits per heavy atom. The van der Waals surface area contributed by atoms with E-state index in [4.69, 9.17) is 42.5 Å². The Labute approximate surface area is 302 Å². The van der Waals surface area contributed by atoms with E-state index in [2.05, 4.69) is 9.97 Å². The van der Waals surface area contributed by atoms with Gasteiger partial charge >= 0.3 is 7.47 Å². The van der Waals surface area contributed by atoms with Crippen LogP contribution in [0.5, 0.6) is 11.5 Å². The zero-order valence-electron chi connectivity index (χ0n) is 29.4. The Balaban J connectivity index is 1.27. The van der Waals surface area contributed by atoms with Crippen molar-refractivity contribution in [2.45, 2.75) is 0 Å². The highest BCUT2D eigenvalue weighted by Crippen LogP contribution is 2.27. The molecule has 0 saturated carbocycles. The fourth-order valence-electron chi connectivity index (χ4n) is 4.71. The Kier molecular flexibility index (Phi) is 17.9. The average Bonchev–Trinajstić information content (AvgIpc) is 3.85. The number of aromatic amines is 2. The molecule has 15 heteroatoms. The van der Waals surface area contributed by atoms with Crippen LogP contribution in [0.4, 0.5) is 8.63 Å². The molecule has 12 nitrogen and oxygen atoms in total. The number of carbonyl (C=O) groups excluding carboxylic acids is 1. The van der Waals surface area contributed by atoms with Crippen LogP contribution in [-0.4, -0.2) is 117 Å². The van der Waals surface area contributed by atoms with Gasteiger partial charge in [-0.25, -0.2) is 8.63 Å². The second kappa shape index (κ2) is 23.1. The standard InChI is InChI=1S/C37H45BF2N2O10/c1-44-15-17-46-19-21-48-23-25-50-30-7-3-28(4-8-30)32-11-13-34(41-32)36(43)27-37(52-38(39)40)35-14-12-33(42-35)29-5-9-31(10-6-29)51-26-24-49-22-20-47-18-16-45-2/h3-14,27,41-42H,15-26H2,1-2H3/b37-27-. The maximum atomic E-state index is 13.4. The van der Waals surface area contributed by atoms with Crippen LogP contribution >= 0.6 is 0 Å². The van der Waals surface area contributed by atoms with E-state index in [1.807, 2.05) is 36.4 Å². The minimum Gasteiger partial charge on any atom is -0.503 e. The summed E-state index contributed by atoms with van der Waals surface area (Å²) in [6, 6.07) is 21.2. The molecule has 2 heterocycles. The highest BCUT2D eigenvalue weighted by atomic mass is 19.2. The quantitative estimate of drug-likeness (QED) is 0.0250. The van der Waals surface area contributed by atoms with Crippen molar-refractivity contribution < 1.29 is 56.0 Å². The minimum atomic E-state index is -3.14. The van der Waals surface area contributed by atoms with Gasteiger partial charge in [-0.05, 0) is 83.9 Å². The van der Waals surface area contributed by atoms with Gasteiger partial charge in [-0.1, -0.05) is 0 Å². The first-order valence-corrected chi connectivity index (χ1v) is 16.8. The predicted molar refractivity (Wildman–Crippen MR) is 192 cm³/mol. The molecule has 2 aromatic heterocycles. The molecule has 0 aliphatic carbocycles. The lowest BCUT2D eigenvalue weighted by molar-refractivity contribution is 0.0180. The van der Waals surface area contributed by atoms with Gasteiger partial charge in [-0.2, -0.15) is 0 Å². The van der Waals surface area contributed by atoms with Crippen molar-refractivity contribution in [2.24, 2.45) is 0 Å². The van der Waals surface area contributed by atoms with Gasteiger partial charge in [0.1, 0.15) is 30.5 Å². The summed E-state index contributed by atoms with van der Waals surface area (Å²) < 4.78 is 74.5. The summed E-state index contributed by atoms with van der Waals surface area (Å²) in [5.41, 5.74) is 3.32. The van der Waals surface area contributed by atoms with Gasteiger partial charge in [0, 0.05) is 31.7 Å². The molecule has 0 atom stereocenters. The summed E-state index contributed by atoms with van der Waals surface area (Å²) in [6.07, 6.45) is 1.03. The Hall–Kier alpha value is -4.51. The molecule has 0 aliphatic heterocycles. The van der Waals surface area contributed by atoms with Crippen LogP contribution < -0.4 is 9.47 Å². The van der Waals surface area contributed by atoms with Crippen LogP contribution in [0.25, 0.3) is 28.3 Å². The van der Waals surface area contributed by atoms with Crippen molar-refractivity contribution >= 4 is 19.0 Å². The number of methoxy groups -OCH3 is 2. The third kappa shape index (κ3) is 14.3. The summed E-state index contributed by atoms with van der Waals surface area (Å²) in [5.74, 6) is 0.479. The normalized spacial score (nSPS) is 11.5. The van der Waals surface area contributed by atoms with Gasteiger partial charge in [-0.15, -0.1) is 0 Å². The number of nitrogens with one attached hydrogen (secondary N) is 2. The summed E-state index contributed by atoms with van der Waals surface area (Å²) in [7, 11) is 0.101. The van der Waals surface area contributed by atoms with Crippen molar-refractivity contribution in [3.63, 3.8) is 0 Å². The number of hydrogen-bond acceptors (Lipinski definition) is 10. The minimum absolute atomic E-state index is 0.206. The number of aromatic nitrogens is 2. The molecular formula is C37H45BF2N2O10. The molecule has 0 fully saturated rings. The molecule has 52 heavy (non-hydrogen) atoms. The van der Waals surface area contributed by atoms with Crippen LogP contribution in [0.3, 0.4) is 0 Å². The van der Waals surface area contributed by atoms with Crippen molar-refractivity contribution in [1.82, 2.24) is 9.97 Å². The predicted octanol–water partition coefficient (Wildman–Crippen LogP) is 5.96. The molecule has 0 aliphatic rings. The van der Waals surface area contributed by atoms with E-state index >= 15 is 0 Å². The van der Waals surface area contributed by atoms with Crippen LogP contribution in [0.15, 0.2) is 78.9 Å². The summed E-state index contributed by atoms with van der Waals surface area (Å²) in [4.78, 5) is 19.3. The van der Waals surface area contributed by atoms with Gasteiger partial charge in [0.05, 0.1) is 77.5 Å². The molecule has 4 aromatic rings. The number of ether oxygens (including phenoxy) is 8. The third-order valence-electron chi connectivity index (χ3n) is 7.31. The highest BCUT2D eigenvalue weighted by molar-refractivity contribution is 6.36. The van der Waals surface area contributed by atoms with E-state index in [9.17, 15) is 13.4 Å². The van der Waals surface area contributed by atoms with E-state index in [0.29, 0.717) is 102 Å². The first kappa shape index (κ1) is 40.3. The van der Waals surface area contributed by atoms with Crippen LogP contribution in [0.1, 0.15) is 16.2 Å². The fraction of sp³-hybridized carbons (Fsp3) is 0.378. The van der Waals surface area contributed by atoms with E-state index in [0.717, 1.165) is 17.2 Å². The largest absolute Gasteiger partial charge is 0.796 e. The highest BCUT2D eigenvalue weighted by Gasteiger charge is 2.23. The first-order chi connectivity index (χ1) is 25.5. The number of allylic oxidation sites excluding steroid dienone is 1. The Morgan fingerprint density at radius 1 is 0.558 bits per heavy atom. The smallest absolute Gasteiger partial charge is 0.503 e. The second-order valence-corrected chi connectivity index (χ2v) is 11.0. The molecule has 0 spiro atoms. The number of ketones is 1. The molecule has 0 amide bonds. The van der Waals surface area contributed by atoms with Gasteiger partial charge in [0.25, 0.3) is 0 Å². The monoisotopic (exact) mass is 726 g/mol. The zero-order valence-corrected chi connectivity index (χ0v) is 29.4. The topological polar surface area (TPSA) is 132 Å². The molecule has 2 N–H and O–H groups in total. The number of rotatable bonds is 27. The van der Waals surface area contributed by atoms with Crippen LogP contribution in [0, 0.1) is 0 Å². The molecule has 280 valence electrons. The van der Waals surface area contributed by atoms with Gasteiger partial charge in [0.15, 0.2) is 0 Å². The number of carbonyl (C=O) groups is 1. The third-order valence-corrected chi connectivity index (χ3v) is 7.31. The number of benzene rings is 2. The molecular weight excluding hydrogens is 681 g/mol. The first-order valence-electron chi connectivity index (χ1n) is 16.8. The summed E-state index contributed by atoms with van der Waals surface area (Å²) >= 11 is 0. The maximum Gasteiger partial charge on any atom is 0.796 e. The fourth-order valence-corrected chi connectivity index (χ4v) is 4.71. The maximum absolute atomic E-state index is 13.4. The van der Waals surface area contributed by atoms with E-state index in [1.54, 1.807) is 50.6 Å². The molecule has 4 rings (SSSR count). The van der Waals surface area contributed by atoms with Gasteiger partial charge < -0.3 is 52.5 Å². The summed E-state index contributed by atoms with van der Waals surface area (Å²) in [6.45, 7) is 5.59. The lowest BCUT2D eigenvalue weighted by atomic mass is 10.1. The lowest BCUT2D eigenvalue weighted by Crippen LogP contribution is -2.12. The summed E-state index contributed by atoms with van der Waals surface area (Å²) in [5, 5.41) is 0. The van der Waals surface area contributed by atoms with E-state index in [-0.39, 0.29) is 17.1 Å². The zero-order chi connectivity index (χ0) is 36.8. The molecule has 2 aromatic carbocycles.